The molecular weight excluding hydrogens is 240 g/mol. The monoisotopic (exact) mass is 262 g/mol. The number of rotatable bonds is 6. The molecule has 2 rings (SSSR count). The minimum Gasteiger partial charge on any atom is -0.374 e. The van der Waals surface area contributed by atoms with Crippen molar-refractivity contribution in [2.45, 2.75) is 51.4 Å². The van der Waals surface area contributed by atoms with Crippen molar-refractivity contribution in [1.29, 1.82) is 0 Å². The Bertz CT molecular complexity index is 388. The Morgan fingerprint density at radius 1 is 1.26 bits per heavy atom. The van der Waals surface area contributed by atoms with Gasteiger partial charge in [-0.1, -0.05) is 30.3 Å². The first-order chi connectivity index (χ1) is 9.24. The van der Waals surface area contributed by atoms with Crippen LogP contribution in [0.4, 0.5) is 0 Å². The summed E-state index contributed by atoms with van der Waals surface area (Å²) in [6.07, 6.45) is 3.92. The van der Waals surface area contributed by atoms with Crippen LogP contribution in [0.5, 0.6) is 0 Å². The van der Waals surface area contributed by atoms with E-state index in [4.69, 9.17) is 9.47 Å². The van der Waals surface area contributed by atoms with Crippen LogP contribution in [0.25, 0.3) is 0 Å². The number of hydrogen-bond donors (Lipinski definition) is 0. The lowest BCUT2D eigenvalue weighted by Gasteiger charge is -2.29. The zero-order chi connectivity index (χ0) is 13.5. The molecule has 1 aromatic rings. The van der Waals surface area contributed by atoms with Crippen LogP contribution in [0.15, 0.2) is 30.3 Å². The quantitative estimate of drug-likeness (QED) is 0.790. The lowest BCUT2D eigenvalue weighted by molar-refractivity contribution is -0.126. The smallest absolute Gasteiger partial charge is 0.132 e. The maximum absolute atomic E-state index is 11.1. The van der Waals surface area contributed by atoms with Crippen LogP contribution in [0, 0.1) is 0 Å². The third kappa shape index (κ3) is 5.13. The van der Waals surface area contributed by atoms with Crippen molar-refractivity contribution in [3.8, 4) is 0 Å². The molecule has 0 saturated carbocycles. The van der Waals surface area contributed by atoms with Crippen molar-refractivity contribution in [2.24, 2.45) is 0 Å². The van der Waals surface area contributed by atoms with Crippen LogP contribution in [0.3, 0.4) is 0 Å². The van der Waals surface area contributed by atoms with Gasteiger partial charge in [-0.15, -0.1) is 0 Å². The lowest BCUT2D eigenvalue weighted by atomic mass is 10.0. The molecule has 2 atom stereocenters. The van der Waals surface area contributed by atoms with Crippen LogP contribution in [0.2, 0.25) is 0 Å². The maximum Gasteiger partial charge on any atom is 0.132 e. The summed E-state index contributed by atoms with van der Waals surface area (Å²) in [5, 5.41) is 0. The van der Waals surface area contributed by atoms with Gasteiger partial charge in [-0.05, 0) is 31.7 Å². The number of benzene rings is 1. The molecule has 1 aromatic carbocycles. The molecule has 0 N–H and O–H groups in total. The number of ether oxygens (including phenoxy) is 2. The molecule has 0 aliphatic carbocycles. The van der Waals surface area contributed by atoms with Gasteiger partial charge in [-0.2, -0.15) is 0 Å². The van der Waals surface area contributed by atoms with Gasteiger partial charge in [-0.3, -0.25) is 4.79 Å². The van der Waals surface area contributed by atoms with Crippen molar-refractivity contribution < 1.29 is 14.3 Å². The third-order valence-electron chi connectivity index (χ3n) is 3.37. The van der Waals surface area contributed by atoms with Crippen LogP contribution >= 0.6 is 0 Å². The fourth-order valence-electron chi connectivity index (χ4n) is 2.46. The zero-order valence-corrected chi connectivity index (χ0v) is 11.5. The van der Waals surface area contributed by atoms with Gasteiger partial charge in [0, 0.05) is 6.42 Å². The van der Waals surface area contributed by atoms with E-state index in [9.17, 15) is 4.79 Å². The molecule has 0 radical (unpaired) electrons. The molecular formula is C16H22O3. The van der Waals surface area contributed by atoms with Crippen LogP contribution in [-0.2, 0) is 20.9 Å². The van der Waals surface area contributed by atoms with E-state index < -0.39 is 0 Å². The molecule has 1 saturated heterocycles. The highest BCUT2D eigenvalue weighted by Crippen LogP contribution is 2.21. The maximum atomic E-state index is 11.1. The number of ketones is 1. The average molecular weight is 262 g/mol. The summed E-state index contributed by atoms with van der Waals surface area (Å²) in [6, 6.07) is 10.1. The van der Waals surface area contributed by atoms with E-state index in [1.165, 1.54) is 5.56 Å². The van der Waals surface area contributed by atoms with Crippen molar-refractivity contribution >= 4 is 5.78 Å². The van der Waals surface area contributed by atoms with E-state index in [-0.39, 0.29) is 18.0 Å². The van der Waals surface area contributed by atoms with E-state index >= 15 is 0 Å². The van der Waals surface area contributed by atoms with Crippen LogP contribution < -0.4 is 0 Å². The summed E-state index contributed by atoms with van der Waals surface area (Å²) >= 11 is 0. The van der Waals surface area contributed by atoms with Crippen LogP contribution in [0.1, 0.15) is 38.2 Å². The molecule has 1 fully saturated rings. The number of Topliss-reactive ketones (excluding diaryl/α,β-unsaturated/α-hetero) is 1. The van der Waals surface area contributed by atoms with E-state index in [0.717, 1.165) is 19.3 Å². The van der Waals surface area contributed by atoms with Gasteiger partial charge in [0.15, 0.2) is 0 Å². The molecule has 0 spiro atoms. The molecule has 1 heterocycles. The van der Waals surface area contributed by atoms with Crippen molar-refractivity contribution in [2.75, 3.05) is 6.61 Å². The van der Waals surface area contributed by atoms with Gasteiger partial charge in [0.25, 0.3) is 0 Å². The van der Waals surface area contributed by atoms with E-state index in [2.05, 4.69) is 12.1 Å². The van der Waals surface area contributed by atoms with Gasteiger partial charge in [0.2, 0.25) is 0 Å². The van der Waals surface area contributed by atoms with Gasteiger partial charge < -0.3 is 9.47 Å². The van der Waals surface area contributed by atoms with Gasteiger partial charge in [0.05, 0.1) is 25.4 Å². The summed E-state index contributed by atoms with van der Waals surface area (Å²) in [6.45, 7) is 2.86. The minimum absolute atomic E-state index is 0.0941. The topological polar surface area (TPSA) is 35.5 Å². The Morgan fingerprint density at radius 2 is 2.00 bits per heavy atom. The minimum atomic E-state index is 0.0941. The molecule has 19 heavy (non-hydrogen) atoms. The first-order valence-corrected chi connectivity index (χ1v) is 7.00. The normalized spacial score (nSPS) is 23.2. The molecule has 0 unspecified atom stereocenters. The van der Waals surface area contributed by atoms with Crippen molar-refractivity contribution in [1.82, 2.24) is 0 Å². The molecule has 3 heteroatoms. The van der Waals surface area contributed by atoms with Crippen molar-refractivity contribution in [3.63, 3.8) is 0 Å². The van der Waals surface area contributed by atoms with E-state index in [1.807, 2.05) is 18.2 Å². The Kier molecular flexibility index (Phi) is 5.55. The fraction of sp³-hybridized carbons (Fsp3) is 0.562. The van der Waals surface area contributed by atoms with Gasteiger partial charge in [0.1, 0.15) is 5.78 Å². The van der Waals surface area contributed by atoms with Crippen molar-refractivity contribution in [3.05, 3.63) is 35.9 Å². The number of carbonyl (C=O) groups excluding carboxylic acids is 1. The highest BCUT2D eigenvalue weighted by molar-refractivity contribution is 5.75. The SMILES string of the molecule is CC(=O)C[C@@H]1CCC[C@H](COCc2ccccc2)O1. The second kappa shape index (κ2) is 7.41. The second-order valence-electron chi connectivity index (χ2n) is 5.22. The fourth-order valence-corrected chi connectivity index (χ4v) is 2.46. The lowest BCUT2D eigenvalue weighted by Crippen LogP contribution is -2.32. The number of carbonyl (C=O) groups is 1. The predicted octanol–water partition coefficient (Wildman–Crippen LogP) is 3.12. The summed E-state index contributed by atoms with van der Waals surface area (Å²) in [5.74, 6) is 0.204. The molecule has 1 aliphatic heterocycles. The number of hydrogen-bond acceptors (Lipinski definition) is 3. The Labute approximate surface area is 114 Å². The summed E-state index contributed by atoms with van der Waals surface area (Å²) in [7, 11) is 0. The molecule has 104 valence electrons. The summed E-state index contributed by atoms with van der Waals surface area (Å²) < 4.78 is 11.6. The van der Waals surface area contributed by atoms with Crippen LogP contribution in [-0.4, -0.2) is 24.6 Å². The van der Waals surface area contributed by atoms with E-state index in [0.29, 0.717) is 19.6 Å². The second-order valence-corrected chi connectivity index (χ2v) is 5.22. The molecule has 0 bridgehead atoms. The third-order valence-corrected chi connectivity index (χ3v) is 3.37. The standard InChI is InChI=1S/C16H22O3/c1-13(17)10-15-8-5-9-16(19-15)12-18-11-14-6-3-2-4-7-14/h2-4,6-7,15-16H,5,8-12H2,1H3/t15-,16+/m0/s1. The first-order valence-electron chi connectivity index (χ1n) is 7.00. The average Bonchev–Trinajstić information content (AvgIpc) is 2.40. The van der Waals surface area contributed by atoms with Gasteiger partial charge >= 0.3 is 0 Å². The highest BCUT2D eigenvalue weighted by atomic mass is 16.5. The highest BCUT2D eigenvalue weighted by Gasteiger charge is 2.23. The Hall–Kier alpha value is -1.19. The largest absolute Gasteiger partial charge is 0.374 e. The molecule has 3 nitrogen and oxygen atoms in total. The Morgan fingerprint density at radius 3 is 2.74 bits per heavy atom. The van der Waals surface area contributed by atoms with Gasteiger partial charge in [-0.25, -0.2) is 0 Å². The first kappa shape index (κ1) is 14.2. The molecule has 0 aromatic heterocycles. The Balaban J connectivity index is 1.69. The summed E-state index contributed by atoms with van der Waals surface area (Å²) in [4.78, 5) is 11.1. The summed E-state index contributed by atoms with van der Waals surface area (Å²) in [5.41, 5.74) is 1.18. The molecule has 1 aliphatic rings. The van der Waals surface area contributed by atoms with E-state index in [1.54, 1.807) is 6.92 Å². The predicted molar refractivity (Wildman–Crippen MR) is 73.9 cm³/mol. The molecule has 0 amide bonds. The zero-order valence-electron chi connectivity index (χ0n) is 11.5.